The van der Waals surface area contributed by atoms with Crippen molar-refractivity contribution in [1.29, 1.82) is 0 Å². The van der Waals surface area contributed by atoms with Crippen molar-refractivity contribution in [3.63, 3.8) is 0 Å². The van der Waals surface area contributed by atoms with Crippen LogP contribution in [0.4, 0.5) is 17.6 Å². The lowest BCUT2D eigenvalue weighted by Gasteiger charge is -2.11. The fraction of sp³-hybridized carbons (Fsp3) is 0.0435. The minimum absolute atomic E-state index is 0.110. The second-order valence-corrected chi connectivity index (χ2v) is 6.09. The fourth-order valence-corrected chi connectivity index (χ4v) is 2.20. The molecule has 0 saturated heterocycles. The van der Waals surface area contributed by atoms with Gasteiger partial charge >= 0.3 is 11.9 Å². The average molecular weight is 464 g/mol. The Morgan fingerprint density at radius 3 is 1.64 bits per heavy atom. The first-order valence-electron chi connectivity index (χ1n) is 8.96. The van der Waals surface area contributed by atoms with Crippen molar-refractivity contribution in [1.82, 2.24) is 0 Å². The van der Waals surface area contributed by atoms with Gasteiger partial charge in [0.15, 0.2) is 23.1 Å². The molecule has 6 nitrogen and oxygen atoms in total. The first-order valence-corrected chi connectivity index (χ1v) is 8.96. The van der Waals surface area contributed by atoms with E-state index in [4.69, 9.17) is 9.47 Å². The fourth-order valence-electron chi connectivity index (χ4n) is 2.20. The molecule has 0 amide bonds. The van der Waals surface area contributed by atoms with Crippen molar-refractivity contribution in [3.05, 3.63) is 97.4 Å². The maximum atomic E-state index is 14.5. The summed E-state index contributed by atoms with van der Waals surface area (Å²) in [5.41, 5.74) is -1.06. The van der Waals surface area contributed by atoms with Crippen LogP contribution in [-0.4, -0.2) is 11.9 Å². The monoisotopic (exact) mass is 464 g/mol. The van der Waals surface area contributed by atoms with E-state index < -0.39 is 57.8 Å². The molecule has 0 atom stereocenters. The molecule has 172 valence electrons. The lowest BCUT2D eigenvalue weighted by Crippen LogP contribution is -2.01. The molecule has 0 unspecified atom stereocenters. The predicted molar refractivity (Wildman–Crippen MR) is 108 cm³/mol. The Bertz CT molecular complexity index is 1150. The highest BCUT2D eigenvalue weighted by atomic mass is 19.2. The number of carbonyl (C=O) groups excluding carboxylic acids is 2. The third-order valence-electron chi connectivity index (χ3n) is 3.76. The van der Waals surface area contributed by atoms with Crippen molar-refractivity contribution in [2.75, 3.05) is 0 Å². The van der Waals surface area contributed by atoms with Gasteiger partial charge in [-0.05, 0) is 31.2 Å². The Morgan fingerprint density at radius 1 is 0.758 bits per heavy atom. The Labute approximate surface area is 185 Å². The van der Waals surface area contributed by atoms with E-state index in [0.29, 0.717) is 0 Å². The van der Waals surface area contributed by atoms with Gasteiger partial charge in [0.25, 0.3) is 0 Å². The molecule has 0 spiro atoms. The molecule has 2 rings (SSSR count). The number of ether oxygens (including phenoxy) is 4. The average Bonchev–Trinajstić information content (AvgIpc) is 2.79. The van der Waals surface area contributed by atoms with Crippen LogP contribution < -0.4 is 9.47 Å². The van der Waals surface area contributed by atoms with E-state index in [2.05, 4.69) is 22.6 Å². The standard InChI is InChI=1S/C23H16F4O6/c1-4-18(28)32-11-9-30-16-7-5-14(19(24)21(16)26)15-6-8-17(22(27)20(15)25)31-10-12-33-23(29)13(2)3/h4-12H,1-2H2,3H3. The number of hydrogen-bond acceptors (Lipinski definition) is 6. The summed E-state index contributed by atoms with van der Waals surface area (Å²) in [5, 5.41) is 0. The van der Waals surface area contributed by atoms with Crippen molar-refractivity contribution in [2.45, 2.75) is 6.92 Å². The van der Waals surface area contributed by atoms with Crippen LogP contribution in [0.2, 0.25) is 0 Å². The van der Waals surface area contributed by atoms with Gasteiger partial charge in [-0.25, -0.2) is 18.4 Å². The molecule has 0 aliphatic carbocycles. The molecule has 0 aromatic heterocycles. The van der Waals surface area contributed by atoms with E-state index in [1.54, 1.807) is 0 Å². The molecule has 0 N–H and O–H groups in total. The Balaban J connectivity index is 2.20. The van der Waals surface area contributed by atoms with Crippen molar-refractivity contribution in [2.24, 2.45) is 0 Å². The molecule has 0 heterocycles. The quantitative estimate of drug-likeness (QED) is 0.213. The Kier molecular flexibility index (Phi) is 8.56. The molecule has 2 aromatic rings. The molecular formula is C23H16F4O6. The normalized spacial score (nSPS) is 10.8. The number of hydrogen-bond donors (Lipinski definition) is 0. The van der Waals surface area contributed by atoms with E-state index in [-0.39, 0.29) is 5.57 Å². The van der Waals surface area contributed by atoms with Crippen LogP contribution in [0.3, 0.4) is 0 Å². The minimum Gasteiger partial charge on any atom is -0.459 e. The topological polar surface area (TPSA) is 71.1 Å². The first kappa shape index (κ1) is 24.9. The number of halogens is 4. The van der Waals surface area contributed by atoms with E-state index in [1.165, 1.54) is 6.92 Å². The van der Waals surface area contributed by atoms with Crippen LogP contribution in [0.15, 0.2) is 74.1 Å². The zero-order valence-corrected chi connectivity index (χ0v) is 17.1. The summed E-state index contributed by atoms with van der Waals surface area (Å²) >= 11 is 0. The third-order valence-corrected chi connectivity index (χ3v) is 3.76. The van der Waals surface area contributed by atoms with E-state index >= 15 is 0 Å². The summed E-state index contributed by atoms with van der Waals surface area (Å²) in [5.74, 6) is -8.76. The van der Waals surface area contributed by atoms with Crippen molar-refractivity contribution < 1.29 is 46.1 Å². The third kappa shape index (κ3) is 6.33. The molecule has 0 aliphatic heterocycles. The molecule has 0 radical (unpaired) electrons. The van der Waals surface area contributed by atoms with Crippen LogP contribution in [0, 0.1) is 23.3 Å². The molecule has 2 aromatic carbocycles. The second kappa shape index (κ2) is 11.3. The van der Waals surface area contributed by atoms with Gasteiger partial charge in [0.2, 0.25) is 11.6 Å². The lowest BCUT2D eigenvalue weighted by atomic mass is 10.0. The van der Waals surface area contributed by atoms with E-state index in [0.717, 1.165) is 55.4 Å². The summed E-state index contributed by atoms with van der Waals surface area (Å²) in [6.45, 7) is 7.92. The lowest BCUT2D eigenvalue weighted by molar-refractivity contribution is -0.134. The van der Waals surface area contributed by atoms with Gasteiger partial charge in [-0.15, -0.1) is 0 Å². The SMILES string of the molecule is C=CC(=O)OC=COc1ccc(-c2ccc(OC=COC(=O)C(=C)C)c(F)c2F)c(F)c1F. The largest absolute Gasteiger partial charge is 0.459 e. The second-order valence-electron chi connectivity index (χ2n) is 6.09. The smallest absolute Gasteiger partial charge is 0.338 e. The summed E-state index contributed by atoms with van der Waals surface area (Å²) in [7, 11) is 0. The van der Waals surface area contributed by atoms with Crippen molar-refractivity contribution in [3.8, 4) is 22.6 Å². The number of esters is 2. The number of benzene rings is 2. The highest BCUT2D eigenvalue weighted by Gasteiger charge is 2.21. The van der Waals surface area contributed by atoms with Crippen LogP contribution in [0.25, 0.3) is 11.1 Å². The molecule has 0 saturated carbocycles. The Morgan fingerprint density at radius 2 is 1.21 bits per heavy atom. The van der Waals surface area contributed by atoms with E-state index in [9.17, 15) is 27.2 Å². The van der Waals surface area contributed by atoms with Crippen LogP contribution in [0.1, 0.15) is 6.92 Å². The van der Waals surface area contributed by atoms with Gasteiger partial charge in [0, 0.05) is 22.8 Å². The predicted octanol–water partition coefficient (Wildman–Crippen LogP) is 5.46. The van der Waals surface area contributed by atoms with Gasteiger partial charge in [-0.2, -0.15) is 8.78 Å². The summed E-state index contributed by atoms with van der Waals surface area (Å²) in [6.07, 6.45) is 4.00. The number of carbonyl (C=O) groups is 2. The summed E-state index contributed by atoms with van der Waals surface area (Å²) < 4.78 is 76.3. The highest BCUT2D eigenvalue weighted by molar-refractivity contribution is 5.87. The highest BCUT2D eigenvalue weighted by Crippen LogP contribution is 2.34. The molecule has 10 heteroatoms. The minimum atomic E-state index is -1.51. The van der Waals surface area contributed by atoms with Gasteiger partial charge in [0.05, 0.1) is 0 Å². The van der Waals surface area contributed by atoms with Crippen LogP contribution in [-0.2, 0) is 19.1 Å². The molecule has 0 aliphatic rings. The zero-order valence-electron chi connectivity index (χ0n) is 17.1. The molecule has 0 fully saturated rings. The Hall–Kier alpha value is -4.34. The van der Waals surface area contributed by atoms with Crippen LogP contribution >= 0.6 is 0 Å². The molecular weight excluding hydrogens is 448 g/mol. The van der Waals surface area contributed by atoms with Crippen molar-refractivity contribution >= 4 is 11.9 Å². The first-order chi connectivity index (χ1) is 15.7. The maximum absolute atomic E-state index is 14.5. The molecule has 0 bridgehead atoms. The van der Waals surface area contributed by atoms with Crippen LogP contribution in [0.5, 0.6) is 11.5 Å². The van der Waals surface area contributed by atoms with E-state index in [1.807, 2.05) is 0 Å². The maximum Gasteiger partial charge on any atom is 0.338 e. The van der Waals surface area contributed by atoms with Gasteiger partial charge < -0.3 is 18.9 Å². The van der Waals surface area contributed by atoms with Gasteiger partial charge in [-0.3, -0.25) is 0 Å². The summed E-state index contributed by atoms with van der Waals surface area (Å²) in [6, 6.07) is 3.87. The summed E-state index contributed by atoms with van der Waals surface area (Å²) in [4.78, 5) is 22.1. The number of rotatable bonds is 9. The molecule has 33 heavy (non-hydrogen) atoms. The van der Waals surface area contributed by atoms with Gasteiger partial charge in [-0.1, -0.05) is 13.2 Å². The zero-order chi connectivity index (χ0) is 24.5. The van der Waals surface area contributed by atoms with Gasteiger partial charge in [0.1, 0.15) is 25.0 Å².